The quantitative estimate of drug-likeness (QED) is 0.272. The Kier molecular flexibility index (Phi) is 9.16. The van der Waals surface area contributed by atoms with Crippen LogP contribution in [-0.2, 0) is 14.7 Å². The molecule has 2 aromatic rings. The summed E-state index contributed by atoms with van der Waals surface area (Å²) < 4.78 is 11.9. The molecule has 0 N–H and O–H groups in total. The highest BCUT2D eigenvalue weighted by atomic mass is 16.6. The van der Waals surface area contributed by atoms with Gasteiger partial charge in [-0.25, -0.2) is 0 Å². The molecule has 2 nitrogen and oxygen atoms in total. The number of hydrogen-bond donors (Lipinski definition) is 0. The Bertz CT molecular complexity index is 944. The first-order chi connectivity index (χ1) is 17.1. The maximum Gasteiger partial charge on any atom is 0.494 e. The van der Waals surface area contributed by atoms with Gasteiger partial charge in [0.05, 0.1) is 13.2 Å². The molecular weight excluding hydrogens is 427 g/mol. The Balaban J connectivity index is 1.86. The summed E-state index contributed by atoms with van der Waals surface area (Å²) in [6.07, 6.45) is 12.9. The van der Waals surface area contributed by atoms with Crippen LogP contribution in [0.1, 0.15) is 109 Å². The minimum Gasteiger partial charge on any atom is -0.405 e. The minimum atomic E-state index is -0.215. The molecular formula is C32H47BO2. The molecule has 0 spiro atoms. The Hall–Kier alpha value is -1.58. The average Bonchev–Trinajstić information content (AvgIpc) is 3.50. The molecule has 0 aromatic heterocycles. The van der Waals surface area contributed by atoms with E-state index in [4.69, 9.17) is 9.31 Å². The van der Waals surface area contributed by atoms with Crippen LogP contribution < -0.4 is 5.46 Å². The normalized spacial score (nSPS) is 20.7. The third-order valence-corrected chi connectivity index (χ3v) is 8.79. The van der Waals surface area contributed by atoms with E-state index >= 15 is 0 Å². The number of aryl methyl sites for hydroxylation is 1. The summed E-state index contributed by atoms with van der Waals surface area (Å²) >= 11 is 0. The molecule has 2 aromatic carbocycles. The van der Waals surface area contributed by atoms with Crippen LogP contribution in [0.25, 0.3) is 11.1 Å². The Morgan fingerprint density at radius 3 is 1.86 bits per heavy atom. The molecule has 1 aliphatic carbocycles. The topological polar surface area (TPSA) is 18.5 Å². The molecule has 190 valence electrons. The molecule has 0 saturated carbocycles. The zero-order valence-electron chi connectivity index (χ0n) is 23.0. The molecule has 0 radical (unpaired) electrons. The predicted octanol–water partition coefficient (Wildman–Crippen LogP) is 8.22. The van der Waals surface area contributed by atoms with Crippen LogP contribution >= 0.6 is 0 Å². The van der Waals surface area contributed by atoms with Gasteiger partial charge in [0.1, 0.15) is 0 Å². The molecule has 1 aliphatic heterocycles. The maximum atomic E-state index is 5.95. The van der Waals surface area contributed by atoms with E-state index in [2.05, 4.69) is 71.0 Å². The van der Waals surface area contributed by atoms with Gasteiger partial charge in [0.15, 0.2) is 0 Å². The Morgan fingerprint density at radius 2 is 1.31 bits per heavy atom. The van der Waals surface area contributed by atoms with E-state index in [1.807, 2.05) is 0 Å². The van der Waals surface area contributed by atoms with E-state index < -0.39 is 0 Å². The highest BCUT2D eigenvalue weighted by molar-refractivity contribution is 6.61. The molecule has 3 heteroatoms. The standard InChI is InChI=1S/C32H47BO2/c1-6-10-12-25(8-3)22-32(23-26(9-4)13-11-7-2)30-20-24(5)14-16-28(30)29-17-15-27(21-31(29)32)33-34-18-19-35-33/h14-17,20-21,25-26H,6-13,18-19,22-23H2,1-5H3. The minimum absolute atomic E-state index is 0.0775. The smallest absolute Gasteiger partial charge is 0.405 e. The lowest BCUT2D eigenvalue weighted by atomic mass is 9.64. The second-order valence-corrected chi connectivity index (χ2v) is 11.3. The van der Waals surface area contributed by atoms with Crippen molar-refractivity contribution in [3.8, 4) is 11.1 Å². The van der Waals surface area contributed by atoms with E-state index in [0.29, 0.717) is 13.2 Å². The highest BCUT2D eigenvalue weighted by Gasteiger charge is 2.46. The second-order valence-electron chi connectivity index (χ2n) is 11.3. The summed E-state index contributed by atoms with van der Waals surface area (Å²) in [6.45, 7) is 13.1. The molecule has 2 aliphatic rings. The monoisotopic (exact) mass is 474 g/mol. The lowest BCUT2D eigenvalue weighted by Crippen LogP contribution is -2.35. The van der Waals surface area contributed by atoms with Crippen molar-refractivity contribution in [3.63, 3.8) is 0 Å². The van der Waals surface area contributed by atoms with Gasteiger partial charge >= 0.3 is 7.12 Å². The van der Waals surface area contributed by atoms with Crippen molar-refractivity contribution in [2.75, 3.05) is 13.2 Å². The summed E-state index contributed by atoms with van der Waals surface area (Å²) in [5.41, 5.74) is 8.68. The van der Waals surface area contributed by atoms with Crippen LogP contribution in [0.3, 0.4) is 0 Å². The van der Waals surface area contributed by atoms with Gasteiger partial charge in [0.2, 0.25) is 0 Å². The van der Waals surface area contributed by atoms with E-state index in [1.165, 1.54) is 86.4 Å². The number of fused-ring (bicyclic) bond motifs is 3. The van der Waals surface area contributed by atoms with E-state index in [0.717, 1.165) is 11.8 Å². The molecule has 1 heterocycles. The van der Waals surface area contributed by atoms with Crippen LogP contribution in [0.2, 0.25) is 0 Å². The fraction of sp³-hybridized carbons (Fsp3) is 0.625. The highest BCUT2D eigenvalue weighted by Crippen LogP contribution is 2.56. The first kappa shape index (κ1) is 26.5. The van der Waals surface area contributed by atoms with Crippen molar-refractivity contribution in [1.82, 2.24) is 0 Å². The first-order valence-corrected chi connectivity index (χ1v) is 14.5. The Labute approximate surface area is 215 Å². The third kappa shape index (κ3) is 5.57. The lowest BCUT2D eigenvalue weighted by Gasteiger charge is -2.39. The largest absolute Gasteiger partial charge is 0.494 e. The molecule has 0 amide bonds. The van der Waals surface area contributed by atoms with Crippen molar-refractivity contribution in [3.05, 3.63) is 53.1 Å². The van der Waals surface area contributed by atoms with Crippen molar-refractivity contribution < 1.29 is 9.31 Å². The molecule has 2 unspecified atom stereocenters. The fourth-order valence-corrected chi connectivity index (χ4v) is 6.72. The van der Waals surface area contributed by atoms with Gasteiger partial charge in [-0.2, -0.15) is 0 Å². The maximum absolute atomic E-state index is 5.95. The first-order valence-electron chi connectivity index (χ1n) is 14.5. The van der Waals surface area contributed by atoms with E-state index in [1.54, 1.807) is 11.1 Å². The molecule has 1 saturated heterocycles. The van der Waals surface area contributed by atoms with Gasteiger partial charge in [-0.15, -0.1) is 0 Å². The zero-order chi connectivity index (χ0) is 24.8. The SMILES string of the molecule is CCCCC(CC)CC1(CC(CC)CCCC)c2cc(C)ccc2-c2ccc(B3OCCO3)cc21. The van der Waals surface area contributed by atoms with Gasteiger partial charge in [0, 0.05) is 5.41 Å². The van der Waals surface area contributed by atoms with E-state index in [9.17, 15) is 0 Å². The van der Waals surface area contributed by atoms with Crippen molar-refractivity contribution >= 4 is 12.6 Å². The van der Waals surface area contributed by atoms with E-state index in [-0.39, 0.29) is 12.5 Å². The summed E-state index contributed by atoms with van der Waals surface area (Å²) in [5.74, 6) is 1.50. The predicted molar refractivity (Wildman–Crippen MR) is 151 cm³/mol. The van der Waals surface area contributed by atoms with Crippen LogP contribution in [0.15, 0.2) is 36.4 Å². The number of rotatable bonds is 13. The zero-order valence-corrected chi connectivity index (χ0v) is 23.0. The van der Waals surface area contributed by atoms with Crippen LogP contribution in [0, 0.1) is 18.8 Å². The van der Waals surface area contributed by atoms with Gasteiger partial charge in [-0.05, 0) is 59.3 Å². The summed E-state index contributed by atoms with van der Waals surface area (Å²) in [7, 11) is -0.215. The van der Waals surface area contributed by atoms with Gasteiger partial charge in [0.25, 0.3) is 0 Å². The van der Waals surface area contributed by atoms with Crippen LogP contribution in [0.5, 0.6) is 0 Å². The van der Waals surface area contributed by atoms with Gasteiger partial charge < -0.3 is 9.31 Å². The summed E-state index contributed by atoms with van der Waals surface area (Å²) in [5, 5.41) is 0. The molecule has 35 heavy (non-hydrogen) atoms. The van der Waals surface area contributed by atoms with Crippen LogP contribution in [0.4, 0.5) is 0 Å². The summed E-state index contributed by atoms with van der Waals surface area (Å²) in [6, 6.07) is 14.3. The molecule has 1 fully saturated rings. The molecule has 2 atom stereocenters. The van der Waals surface area contributed by atoms with Gasteiger partial charge in [-0.1, -0.05) is 121 Å². The number of benzene rings is 2. The third-order valence-electron chi connectivity index (χ3n) is 8.79. The second kappa shape index (κ2) is 12.1. The van der Waals surface area contributed by atoms with Crippen molar-refractivity contribution in [1.29, 1.82) is 0 Å². The van der Waals surface area contributed by atoms with Crippen LogP contribution in [-0.4, -0.2) is 20.3 Å². The Morgan fingerprint density at radius 1 is 0.771 bits per heavy atom. The van der Waals surface area contributed by atoms with Gasteiger partial charge in [-0.3, -0.25) is 0 Å². The summed E-state index contributed by atoms with van der Waals surface area (Å²) in [4.78, 5) is 0. The average molecular weight is 475 g/mol. The molecule has 0 bridgehead atoms. The van der Waals surface area contributed by atoms with Crippen molar-refractivity contribution in [2.24, 2.45) is 11.8 Å². The fourth-order valence-electron chi connectivity index (χ4n) is 6.72. The number of hydrogen-bond acceptors (Lipinski definition) is 2. The number of unbranched alkanes of at least 4 members (excludes halogenated alkanes) is 2. The lowest BCUT2D eigenvalue weighted by molar-refractivity contribution is 0.266. The molecule has 4 rings (SSSR count). The van der Waals surface area contributed by atoms with Crippen molar-refractivity contribution in [2.45, 2.75) is 104 Å².